The molecule has 4 aliphatic rings. The summed E-state index contributed by atoms with van der Waals surface area (Å²) in [5.74, 6) is 2.40. The van der Waals surface area contributed by atoms with Gasteiger partial charge in [-0.2, -0.15) is 0 Å². The van der Waals surface area contributed by atoms with Crippen molar-refractivity contribution in [2.24, 2.45) is 22.7 Å². The van der Waals surface area contributed by atoms with Crippen molar-refractivity contribution < 1.29 is 9.50 Å². The number of halogens is 2. The highest BCUT2D eigenvalue weighted by Crippen LogP contribution is 2.60. The summed E-state index contributed by atoms with van der Waals surface area (Å²) in [6.45, 7) is 0. The fourth-order valence-electron chi connectivity index (χ4n) is 6.16. The molecule has 2 nitrogen and oxygen atoms in total. The first kappa shape index (κ1) is 17.2. The Morgan fingerprint density at radius 2 is 1.67 bits per heavy atom. The van der Waals surface area contributed by atoms with Gasteiger partial charge in [-0.25, -0.2) is 4.39 Å². The second-order valence-electron chi connectivity index (χ2n) is 8.83. The SMILES string of the molecule is Oc1ccc(C23CC4CC(CC(C4)C2)C3)cc1C=Nc1ccc(F)c(Cl)c1. The highest BCUT2D eigenvalue weighted by atomic mass is 35.5. The molecule has 0 radical (unpaired) electrons. The van der Waals surface area contributed by atoms with Crippen LogP contribution in [0.5, 0.6) is 5.75 Å². The first-order chi connectivity index (χ1) is 13.0. The Morgan fingerprint density at radius 1 is 1.00 bits per heavy atom. The lowest BCUT2D eigenvalue weighted by molar-refractivity contribution is -0.00520. The quantitative estimate of drug-likeness (QED) is 0.611. The average Bonchev–Trinajstić information content (AvgIpc) is 2.62. The van der Waals surface area contributed by atoms with Crippen LogP contribution in [0.15, 0.2) is 41.4 Å². The summed E-state index contributed by atoms with van der Waals surface area (Å²) in [6.07, 6.45) is 9.75. The average molecular weight is 384 g/mol. The molecule has 27 heavy (non-hydrogen) atoms. The lowest BCUT2D eigenvalue weighted by Crippen LogP contribution is -2.48. The maximum atomic E-state index is 13.3. The Hall–Kier alpha value is -1.87. The number of aromatic hydroxyl groups is 1. The molecule has 4 bridgehead atoms. The van der Waals surface area contributed by atoms with Crippen LogP contribution in [0.1, 0.15) is 49.7 Å². The van der Waals surface area contributed by atoms with Crippen LogP contribution < -0.4 is 0 Å². The van der Waals surface area contributed by atoms with Gasteiger partial charge >= 0.3 is 0 Å². The van der Waals surface area contributed by atoms with E-state index in [4.69, 9.17) is 11.6 Å². The molecule has 0 amide bonds. The largest absolute Gasteiger partial charge is 0.507 e. The molecule has 4 heteroatoms. The molecule has 0 aromatic heterocycles. The van der Waals surface area contributed by atoms with E-state index < -0.39 is 5.82 Å². The summed E-state index contributed by atoms with van der Waals surface area (Å²) in [5, 5.41) is 10.4. The highest BCUT2D eigenvalue weighted by molar-refractivity contribution is 6.31. The van der Waals surface area contributed by atoms with Crippen LogP contribution in [0, 0.1) is 23.6 Å². The van der Waals surface area contributed by atoms with Gasteiger partial charge in [-0.05, 0) is 97.6 Å². The highest BCUT2D eigenvalue weighted by Gasteiger charge is 2.51. The molecule has 4 saturated carbocycles. The molecule has 4 aliphatic carbocycles. The molecule has 0 atom stereocenters. The van der Waals surface area contributed by atoms with E-state index >= 15 is 0 Å². The van der Waals surface area contributed by atoms with Gasteiger partial charge in [-0.1, -0.05) is 17.7 Å². The maximum absolute atomic E-state index is 13.3. The zero-order valence-electron chi connectivity index (χ0n) is 15.2. The van der Waals surface area contributed by atoms with Gasteiger partial charge in [0.05, 0.1) is 10.7 Å². The van der Waals surface area contributed by atoms with Crippen molar-refractivity contribution in [3.63, 3.8) is 0 Å². The summed E-state index contributed by atoms with van der Waals surface area (Å²) in [6, 6.07) is 10.4. The lowest BCUT2D eigenvalue weighted by Gasteiger charge is -2.57. The fourth-order valence-corrected chi connectivity index (χ4v) is 6.34. The predicted molar refractivity (Wildman–Crippen MR) is 107 cm³/mol. The van der Waals surface area contributed by atoms with Crippen molar-refractivity contribution in [2.45, 2.75) is 43.9 Å². The normalized spacial score (nSPS) is 31.7. The zero-order valence-corrected chi connectivity index (χ0v) is 15.9. The predicted octanol–water partition coefficient (Wildman–Crippen LogP) is 6.40. The molecule has 0 unspecified atom stereocenters. The second-order valence-corrected chi connectivity index (χ2v) is 9.24. The van der Waals surface area contributed by atoms with E-state index in [0.29, 0.717) is 11.3 Å². The first-order valence-electron chi connectivity index (χ1n) is 9.83. The number of hydrogen-bond donors (Lipinski definition) is 1. The van der Waals surface area contributed by atoms with Gasteiger partial charge in [-0.15, -0.1) is 0 Å². The monoisotopic (exact) mass is 383 g/mol. The van der Waals surface area contributed by atoms with Gasteiger partial charge in [0, 0.05) is 11.8 Å². The molecule has 2 aromatic rings. The van der Waals surface area contributed by atoms with Gasteiger partial charge in [0.25, 0.3) is 0 Å². The van der Waals surface area contributed by atoms with Crippen LogP contribution in [-0.2, 0) is 5.41 Å². The minimum atomic E-state index is -0.456. The topological polar surface area (TPSA) is 32.6 Å². The number of aliphatic imine (C=N–C) groups is 1. The van der Waals surface area contributed by atoms with Gasteiger partial charge in [0.2, 0.25) is 0 Å². The zero-order chi connectivity index (χ0) is 18.6. The van der Waals surface area contributed by atoms with Crippen molar-refractivity contribution >= 4 is 23.5 Å². The summed E-state index contributed by atoms with van der Waals surface area (Å²) in [5.41, 5.74) is 2.91. The Balaban J connectivity index is 1.46. The number of rotatable bonds is 3. The Kier molecular flexibility index (Phi) is 4.05. The van der Waals surface area contributed by atoms with Crippen LogP contribution >= 0.6 is 11.6 Å². The van der Waals surface area contributed by atoms with Crippen LogP contribution in [-0.4, -0.2) is 11.3 Å². The van der Waals surface area contributed by atoms with E-state index in [0.717, 1.165) is 17.8 Å². The Bertz CT molecular complexity index is 887. The van der Waals surface area contributed by atoms with Crippen LogP contribution in [0.25, 0.3) is 0 Å². The molecule has 140 valence electrons. The lowest BCUT2D eigenvalue weighted by atomic mass is 9.48. The van der Waals surface area contributed by atoms with Crippen molar-refractivity contribution in [3.8, 4) is 5.75 Å². The van der Waals surface area contributed by atoms with Crippen LogP contribution in [0.3, 0.4) is 0 Å². The molecule has 4 fully saturated rings. The fraction of sp³-hybridized carbons (Fsp3) is 0.435. The van der Waals surface area contributed by atoms with Crippen LogP contribution in [0.2, 0.25) is 5.02 Å². The van der Waals surface area contributed by atoms with E-state index in [-0.39, 0.29) is 16.2 Å². The first-order valence-corrected chi connectivity index (χ1v) is 10.2. The summed E-state index contributed by atoms with van der Waals surface area (Å²) in [4.78, 5) is 4.39. The minimum Gasteiger partial charge on any atom is -0.507 e. The molecule has 0 heterocycles. The third-order valence-corrected chi connectivity index (χ3v) is 7.22. The Labute approximate surface area is 164 Å². The summed E-state index contributed by atoms with van der Waals surface area (Å²) in [7, 11) is 0. The molecule has 0 spiro atoms. The van der Waals surface area contributed by atoms with Crippen LogP contribution in [0.4, 0.5) is 10.1 Å². The number of phenolic OH excluding ortho intramolecular Hbond substituents is 1. The molecule has 1 N–H and O–H groups in total. The number of hydrogen-bond acceptors (Lipinski definition) is 2. The second kappa shape index (κ2) is 6.34. The Morgan fingerprint density at radius 3 is 2.30 bits per heavy atom. The maximum Gasteiger partial charge on any atom is 0.141 e. The molecule has 0 aliphatic heterocycles. The summed E-state index contributed by atoms with van der Waals surface area (Å²) >= 11 is 5.83. The molecule has 2 aromatic carbocycles. The van der Waals surface area contributed by atoms with Crippen molar-refractivity contribution in [3.05, 3.63) is 58.4 Å². The third kappa shape index (κ3) is 3.06. The van der Waals surface area contributed by atoms with E-state index in [1.54, 1.807) is 18.3 Å². The van der Waals surface area contributed by atoms with Crippen molar-refractivity contribution in [1.82, 2.24) is 0 Å². The number of benzene rings is 2. The van der Waals surface area contributed by atoms with E-state index in [9.17, 15) is 9.50 Å². The smallest absolute Gasteiger partial charge is 0.141 e. The molecular weight excluding hydrogens is 361 g/mol. The standard InChI is InChI=1S/C23H23ClFNO/c24-20-9-19(2-3-21(20)25)26-13-17-8-18(1-4-22(17)27)23-10-14-5-15(11-23)7-16(6-14)12-23/h1-4,8-9,13-16,27H,5-7,10-12H2. The number of phenols is 1. The molecular formula is C23H23ClFNO. The van der Waals surface area contributed by atoms with E-state index in [1.165, 1.54) is 56.2 Å². The van der Waals surface area contributed by atoms with E-state index in [1.807, 2.05) is 0 Å². The third-order valence-electron chi connectivity index (χ3n) is 6.93. The van der Waals surface area contributed by atoms with Gasteiger partial charge < -0.3 is 5.11 Å². The van der Waals surface area contributed by atoms with Crippen molar-refractivity contribution in [1.29, 1.82) is 0 Å². The van der Waals surface area contributed by atoms with Gasteiger partial charge in [0.1, 0.15) is 11.6 Å². The molecule has 6 rings (SSSR count). The van der Waals surface area contributed by atoms with Gasteiger partial charge in [0.15, 0.2) is 0 Å². The molecule has 0 saturated heterocycles. The minimum absolute atomic E-state index is 0.0520. The van der Waals surface area contributed by atoms with Crippen molar-refractivity contribution in [2.75, 3.05) is 0 Å². The van der Waals surface area contributed by atoms with Gasteiger partial charge in [-0.3, -0.25) is 4.99 Å². The summed E-state index contributed by atoms with van der Waals surface area (Å²) < 4.78 is 13.3. The van der Waals surface area contributed by atoms with E-state index in [2.05, 4.69) is 17.1 Å². The number of nitrogens with zero attached hydrogens (tertiary/aromatic N) is 1.